The number of hydrogen-bond donors (Lipinski definition) is 1. The molecule has 0 aliphatic carbocycles. The van der Waals surface area contributed by atoms with Crippen molar-refractivity contribution in [1.29, 1.82) is 5.26 Å². The fourth-order valence-corrected chi connectivity index (χ4v) is 2.33. The van der Waals surface area contributed by atoms with Gasteiger partial charge in [0.1, 0.15) is 25.1 Å². The van der Waals surface area contributed by atoms with Gasteiger partial charge in [0, 0.05) is 0 Å². The highest BCUT2D eigenvalue weighted by atomic mass is 16.6. The van der Waals surface area contributed by atoms with E-state index in [0.29, 0.717) is 18.9 Å². The first-order chi connectivity index (χ1) is 9.76. The number of ether oxygens (including phenoxy) is 2. The van der Waals surface area contributed by atoms with Crippen molar-refractivity contribution in [3.63, 3.8) is 0 Å². The lowest BCUT2D eigenvalue weighted by molar-refractivity contribution is 0.171. The van der Waals surface area contributed by atoms with E-state index in [-0.39, 0.29) is 0 Å². The number of fused-ring (bicyclic) bond motifs is 1. The van der Waals surface area contributed by atoms with Crippen molar-refractivity contribution in [2.24, 2.45) is 0 Å². The van der Waals surface area contributed by atoms with Crippen molar-refractivity contribution in [2.75, 3.05) is 13.2 Å². The maximum atomic E-state index is 9.02. The second kappa shape index (κ2) is 5.25. The molecular formula is C15H15N3O2. The Bertz CT molecular complexity index is 670. The number of aromatic amines is 1. The molecule has 0 saturated carbocycles. The third kappa shape index (κ3) is 2.45. The molecule has 2 heterocycles. The predicted molar refractivity (Wildman–Crippen MR) is 72.9 cm³/mol. The molecular weight excluding hydrogens is 254 g/mol. The molecule has 1 aliphatic rings. The Kier molecular flexibility index (Phi) is 3.30. The first kappa shape index (κ1) is 12.5. The SMILES string of the molecule is Cc1nc(C#N)c(CCc2ccc3c(c2)OCCO3)[nH]1. The van der Waals surface area contributed by atoms with E-state index >= 15 is 0 Å². The van der Waals surface area contributed by atoms with E-state index in [9.17, 15) is 0 Å². The summed E-state index contributed by atoms with van der Waals surface area (Å²) < 4.78 is 11.1. The van der Waals surface area contributed by atoms with Crippen LogP contribution in [0.15, 0.2) is 18.2 Å². The first-order valence-electron chi connectivity index (χ1n) is 6.60. The molecule has 1 N–H and O–H groups in total. The van der Waals surface area contributed by atoms with Gasteiger partial charge in [0.15, 0.2) is 17.2 Å². The minimum Gasteiger partial charge on any atom is -0.486 e. The number of imidazole rings is 1. The molecule has 5 heteroatoms. The molecule has 0 atom stereocenters. The van der Waals surface area contributed by atoms with Crippen LogP contribution in [0.25, 0.3) is 0 Å². The van der Waals surface area contributed by atoms with Crippen molar-refractivity contribution in [3.8, 4) is 17.6 Å². The molecule has 0 unspecified atom stereocenters. The van der Waals surface area contributed by atoms with Crippen LogP contribution < -0.4 is 9.47 Å². The molecule has 0 fully saturated rings. The van der Waals surface area contributed by atoms with Gasteiger partial charge in [0.25, 0.3) is 0 Å². The van der Waals surface area contributed by atoms with Gasteiger partial charge in [0.2, 0.25) is 0 Å². The number of benzene rings is 1. The lowest BCUT2D eigenvalue weighted by Gasteiger charge is -2.18. The first-order valence-corrected chi connectivity index (χ1v) is 6.60. The van der Waals surface area contributed by atoms with Crippen LogP contribution >= 0.6 is 0 Å². The second-order valence-corrected chi connectivity index (χ2v) is 4.74. The van der Waals surface area contributed by atoms with Crippen LogP contribution in [0.4, 0.5) is 0 Å². The number of aryl methyl sites for hydroxylation is 3. The van der Waals surface area contributed by atoms with Crippen LogP contribution in [-0.2, 0) is 12.8 Å². The summed E-state index contributed by atoms with van der Waals surface area (Å²) in [5.41, 5.74) is 2.53. The molecule has 0 amide bonds. The Morgan fingerprint density at radius 3 is 2.85 bits per heavy atom. The fourth-order valence-electron chi connectivity index (χ4n) is 2.33. The maximum Gasteiger partial charge on any atom is 0.161 e. The average Bonchev–Trinajstić information content (AvgIpc) is 2.85. The van der Waals surface area contributed by atoms with Gasteiger partial charge in [-0.25, -0.2) is 4.98 Å². The summed E-state index contributed by atoms with van der Waals surface area (Å²) in [6, 6.07) is 8.09. The van der Waals surface area contributed by atoms with Gasteiger partial charge in [-0.15, -0.1) is 0 Å². The van der Waals surface area contributed by atoms with E-state index in [1.807, 2.05) is 25.1 Å². The van der Waals surface area contributed by atoms with E-state index in [0.717, 1.165) is 41.4 Å². The third-order valence-corrected chi connectivity index (χ3v) is 3.27. The molecule has 0 bridgehead atoms. The predicted octanol–water partition coefficient (Wildman–Crippen LogP) is 2.15. The van der Waals surface area contributed by atoms with Gasteiger partial charge < -0.3 is 14.5 Å². The zero-order chi connectivity index (χ0) is 13.9. The van der Waals surface area contributed by atoms with Crippen LogP contribution in [0.1, 0.15) is 22.8 Å². The molecule has 1 aliphatic heterocycles. The van der Waals surface area contributed by atoms with Crippen LogP contribution in [0.2, 0.25) is 0 Å². The standard InChI is InChI=1S/C15H15N3O2/c1-10-17-12(13(9-16)18-10)4-2-11-3-5-14-15(8-11)20-7-6-19-14/h3,5,8H,2,4,6-7H2,1H3,(H,17,18). The Hall–Kier alpha value is -2.48. The normalized spacial score (nSPS) is 13.0. The highest BCUT2D eigenvalue weighted by molar-refractivity contribution is 5.44. The van der Waals surface area contributed by atoms with Gasteiger partial charge >= 0.3 is 0 Å². The van der Waals surface area contributed by atoms with Crippen LogP contribution in [0.3, 0.4) is 0 Å². The van der Waals surface area contributed by atoms with Gasteiger partial charge in [-0.05, 0) is 37.5 Å². The fraction of sp³-hybridized carbons (Fsp3) is 0.333. The quantitative estimate of drug-likeness (QED) is 0.926. The van der Waals surface area contributed by atoms with E-state index in [1.54, 1.807) is 0 Å². The molecule has 3 rings (SSSR count). The van der Waals surface area contributed by atoms with E-state index < -0.39 is 0 Å². The summed E-state index contributed by atoms with van der Waals surface area (Å²) in [4.78, 5) is 7.29. The average molecular weight is 269 g/mol. The molecule has 1 aromatic carbocycles. The molecule has 5 nitrogen and oxygen atoms in total. The van der Waals surface area contributed by atoms with Crippen LogP contribution in [0.5, 0.6) is 11.5 Å². The number of aromatic nitrogens is 2. The Labute approximate surface area is 117 Å². The zero-order valence-corrected chi connectivity index (χ0v) is 11.3. The molecule has 102 valence electrons. The molecule has 2 aromatic rings. The number of nitriles is 1. The minimum atomic E-state index is 0.486. The summed E-state index contributed by atoms with van der Waals surface area (Å²) in [5.74, 6) is 2.38. The number of H-pyrrole nitrogens is 1. The van der Waals surface area contributed by atoms with Crippen molar-refractivity contribution < 1.29 is 9.47 Å². The lowest BCUT2D eigenvalue weighted by atomic mass is 10.1. The highest BCUT2D eigenvalue weighted by Gasteiger charge is 2.12. The number of nitrogens with zero attached hydrogens (tertiary/aromatic N) is 2. The third-order valence-electron chi connectivity index (χ3n) is 3.27. The van der Waals surface area contributed by atoms with Crippen LogP contribution in [0, 0.1) is 18.3 Å². The van der Waals surface area contributed by atoms with Crippen molar-refractivity contribution >= 4 is 0 Å². The van der Waals surface area contributed by atoms with Crippen molar-refractivity contribution in [3.05, 3.63) is 41.0 Å². The van der Waals surface area contributed by atoms with Crippen molar-refractivity contribution in [1.82, 2.24) is 9.97 Å². The number of nitrogens with one attached hydrogen (secondary N) is 1. The number of rotatable bonds is 3. The zero-order valence-electron chi connectivity index (χ0n) is 11.3. The molecule has 0 spiro atoms. The summed E-state index contributed by atoms with van der Waals surface area (Å²) in [7, 11) is 0. The van der Waals surface area contributed by atoms with E-state index in [4.69, 9.17) is 14.7 Å². The smallest absolute Gasteiger partial charge is 0.161 e. The topological polar surface area (TPSA) is 70.9 Å². The summed E-state index contributed by atoms with van der Waals surface area (Å²) in [5, 5.41) is 9.02. The van der Waals surface area contributed by atoms with Crippen LogP contribution in [-0.4, -0.2) is 23.2 Å². The molecule has 0 radical (unpaired) electrons. The molecule has 1 aromatic heterocycles. The van der Waals surface area contributed by atoms with E-state index in [1.165, 1.54) is 0 Å². The molecule has 20 heavy (non-hydrogen) atoms. The second-order valence-electron chi connectivity index (χ2n) is 4.74. The maximum absolute atomic E-state index is 9.02. The summed E-state index contributed by atoms with van der Waals surface area (Å²) in [6.07, 6.45) is 1.58. The van der Waals surface area contributed by atoms with Crippen molar-refractivity contribution in [2.45, 2.75) is 19.8 Å². The Morgan fingerprint density at radius 2 is 2.05 bits per heavy atom. The van der Waals surface area contributed by atoms with Gasteiger partial charge in [-0.2, -0.15) is 5.26 Å². The number of hydrogen-bond acceptors (Lipinski definition) is 4. The van der Waals surface area contributed by atoms with Gasteiger partial charge in [0.05, 0.1) is 5.69 Å². The summed E-state index contributed by atoms with van der Waals surface area (Å²) in [6.45, 7) is 3.05. The minimum absolute atomic E-state index is 0.486. The molecule has 0 saturated heterocycles. The summed E-state index contributed by atoms with van der Waals surface area (Å²) >= 11 is 0. The lowest BCUT2D eigenvalue weighted by Crippen LogP contribution is -2.15. The largest absolute Gasteiger partial charge is 0.486 e. The highest BCUT2D eigenvalue weighted by Crippen LogP contribution is 2.31. The van der Waals surface area contributed by atoms with Gasteiger partial charge in [-0.1, -0.05) is 6.07 Å². The Morgan fingerprint density at radius 1 is 1.25 bits per heavy atom. The monoisotopic (exact) mass is 269 g/mol. The van der Waals surface area contributed by atoms with Gasteiger partial charge in [-0.3, -0.25) is 0 Å². The Balaban J connectivity index is 1.73. The van der Waals surface area contributed by atoms with E-state index in [2.05, 4.69) is 16.0 Å².